The highest BCUT2D eigenvalue weighted by Crippen LogP contribution is 2.30. The second-order valence-electron chi connectivity index (χ2n) is 5.27. The molecule has 0 aliphatic carbocycles. The smallest absolute Gasteiger partial charge is 0.135 e. The van der Waals surface area contributed by atoms with E-state index >= 15 is 0 Å². The van der Waals surface area contributed by atoms with Crippen LogP contribution in [0, 0.1) is 5.92 Å². The third-order valence-electron chi connectivity index (χ3n) is 3.58. The molecule has 1 saturated heterocycles. The summed E-state index contributed by atoms with van der Waals surface area (Å²) < 4.78 is 0. The second kappa shape index (κ2) is 5.41. The molecule has 2 unspecified atom stereocenters. The number of aromatic nitrogens is 2. The van der Waals surface area contributed by atoms with Gasteiger partial charge in [0.05, 0.1) is 12.6 Å². The van der Waals surface area contributed by atoms with Gasteiger partial charge in [-0.1, -0.05) is 32.4 Å². The monoisotopic (exact) mass is 269 g/mol. The molecule has 0 bridgehead atoms. The Labute approximate surface area is 113 Å². The van der Waals surface area contributed by atoms with Crippen molar-refractivity contribution >= 4 is 17.4 Å². The Hall–Kier alpha value is -0.870. The molecule has 0 saturated carbocycles. The van der Waals surface area contributed by atoms with Crippen LogP contribution in [0.5, 0.6) is 0 Å². The first-order chi connectivity index (χ1) is 8.52. The summed E-state index contributed by atoms with van der Waals surface area (Å²) in [5.74, 6) is 2.32. The zero-order valence-electron chi connectivity index (χ0n) is 11.1. The van der Waals surface area contributed by atoms with Crippen LogP contribution in [0.3, 0.4) is 0 Å². The minimum atomic E-state index is 0.135. The number of halogens is 1. The molecule has 1 aliphatic heterocycles. The lowest BCUT2D eigenvalue weighted by atomic mass is 10.0. The number of hydrogen-bond donors (Lipinski definition) is 1. The Bertz CT molecular complexity index is 425. The highest BCUT2D eigenvalue weighted by molar-refractivity contribution is 6.29. The number of anilines is 1. The molecule has 18 heavy (non-hydrogen) atoms. The van der Waals surface area contributed by atoms with Crippen molar-refractivity contribution in [3.8, 4) is 0 Å². The number of rotatable bonds is 3. The molecule has 1 N–H and O–H groups in total. The number of hydrogen-bond acceptors (Lipinski definition) is 4. The van der Waals surface area contributed by atoms with Crippen LogP contribution in [-0.2, 0) is 0 Å². The predicted octanol–water partition coefficient (Wildman–Crippen LogP) is 2.46. The summed E-state index contributed by atoms with van der Waals surface area (Å²) in [5, 5.41) is 9.97. The molecule has 2 atom stereocenters. The zero-order valence-corrected chi connectivity index (χ0v) is 11.9. The molecule has 2 heterocycles. The van der Waals surface area contributed by atoms with Crippen molar-refractivity contribution in [2.24, 2.45) is 5.92 Å². The fraction of sp³-hybridized carbons (Fsp3) is 0.692. The summed E-state index contributed by atoms with van der Waals surface area (Å²) in [6, 6.07) is 1.92. The average molecular weight is 270 g/mol. The van der Waals surface area contributed by atoms with Gasteiger partial charge in [-0.3, -0.25) is 0 Å². The lowest BCUT2D eigenvalue weighted by Crippen LogP contribution is -2.36. The van der Waals surface area contributed by atoms with Gasteiger partial charge in [-0.05, 0) is 12.3 Å². The van der Waals surface area contributed by atoms with Crippen LogP contribution in [0.25, 0.3) is 0 Å². The van der Waals surface area contributed by atoms with E-state index in [4.69, 9.17) is 11.6 Å². The van der Waals surface area contributed by atoms with Crippen LogP contribution in [-0.4, -0.2) is 34.3 Å². The SMILES string of the molecule is CC(C)c1nc(Cl)cc(N2CCC(C)C2CO)n1. The van der Waals surface area contributed by atoms with Crippen LogP contribution in [0.1, 0.15) is 38.9 Å². The third-order valence-corrected chi connectivity index (χ3v) is 3.77. The summed E-state index contributed by atoms with van der Waals surface area (Å²) in [6.07, 6.45) is 1.07. The quantitative estimate of drug-likeness (QED) is 0.857. The van der Waals surface area contributed by atoms with E-state index in [-0.39, 0.29) is 18.6 Å². The van der Waals surface area contributed by atoms with E-state index in [2.05, 4.69) is 21.8 Å². The summed E-state index contributed by atoms with van der Waals surface area (Å²) >= 11 is 6.06. The summed E-state index contributed by atoms with van der Waals surface area (Å²) in [6.45, 7) is 7.32. The Balaban J connectivity index is 2.33. The molecule has 0 spiro atoms. The Morgan fingerprint density at radius 2 is 2.22 bits per heavy atom. The molecule has 0 aromatic carbocycles. The van der Waals surface area contributed by atoms with Crippen molar-refractivity contribution in [3.05, 3.63) is 17.0 Å². The van der Waals surface area contributed by atoms with E-state index in [9.17, 15) is 5.11 Å². The van der Waals surface area contributed by atoms with E-state index in [0.29, 0.717) is 11.1 Å². The van der Waals surface area contributed by atoms with Gasteiger partial charge in [-0.15, -0.1) is 0 Å². The van der Waals surface area contributed by atoms with Crippen molar-refractivity contribution < 1.29 is 5.11 Å². The Kier molecular flexibility index (Phi) is 4.07. The first-order valence-corrected chi connectivity index (χ1v) is 6.82. The first kappa shape index (κ1) is 13.6. The molecule has 1 aromatic rings. The van der Waals surface area contributed by atoms with Gasteiger partial charge in [-0.2, -0.15) is 0 Å². The second-order valence-corrected chi connectivity index (χ2v) is 5.66. The van der Waals surface area contributed by atoms with Crippen molar-refractivity contribution in [1.29, 1.82) is 0 Å². The first-order valence-electron chi connectivity index (χ1n) is 6.45. The number of aliphatic hydroxyl groups excluding tert-OH is 1. The molecule has 1 aliphatic rings. The van der Waals surface area contributed by atoms with Crippen molar-refractivity contribution in [1.82, 2.24) is 9.97 Å². The highest BCUT2D eigenvalue weighted by atomic mass is 35.5. The number of nitrogens with zero attached hydrogens (tertiary/aromatic N) is 3. The van der Waals surface area contributed by atoms with E-state index < -0.39 is 0 Å². The maximum absolute atomic E-state index is 9.50. The summed E-state index contributed by atoms with van der Waals surface area (Å²) in [5.41, 5.74) is 0. The third kappa shape index (κ3) is 2.59. The van der Waals surface area contributed by atoms with E-state index in [0.717, 1.165) is 24.6 Å². The minimum Gasteiger partial charge on any atom is -0.394 e. The fourth-order valence-corrected chi connectivity index (χ4v) is 2.58. The van der Waals surface area contributed by atoms with Crippen LogP contribution in [0.4, 0.5) is 5.82 Å². The van der Waals surface area contributed by atoms with Crippen LogP contribution < -0.4 is 4.90 Å². The molecule has 5 heteroatoms. The van der Waals surface area contributed by atoms with Crippen LogP contribution >= 0.6 is 11.6 Å². The topological polar surface area (TPSA) is 49.2 Å². The van der Waals surface area contributed by atoms with Crippen LogP contribution in [0.2, 0.25) is 5.15 Å². The lowest BCUT2D eigenvalue weighted by molar-refractivity contribution is 0.244. The van der Waals surface area contributed by atoms with Gasteiger partial charge in [0, 0.05) is 18.5 Å². The lowest BCUT2D eigenvalue weighted by Gasteiger charge is -2.26. The van der Waals surface area contributed by atoms with E-state index in [1.807, 2.05) is 13.8 Å². The Morgan fingerprint density at radius 1 is 1.50 bits per heavy atom. The van der Waals surface area contributed by atoms with Gasteiger partial charge >= 0.3 is 0 Å². The summed E-state index contributed by atoms with van der Waals surface area (Å²) in [4.78, 5) is 10.9. The molecule has 0 radical (unpaired) electrons. The van der Waals surface area contributed by atoms with Gasteiger partial charge in [-0.25, -0.2) is 9.97 Å². The normalized spacial score (nSPS) is 24.0. The van der Waals surface area contributed by atoms with Gasteiger partial charge in [0.25, 0.3) is 0 Å². The minimum absolute atomic E-state index is 0.135. The molecular weight excluding hydrogens is 250 g/mol. The molecule has 4 nitrogen and oxygen atoms in total. The molecule has 1 fully saturated rings. The van der Waals surface area contributed by atoms with Crippen molar-refractivity contribution in [3.63, 3.8) is 0 Å². The fourth-order valence-electron chi connectivity index (χ4n) is 2.40. The van der Waals surface area contributed by atoms with Gasteiger partial charge in [0.1, 0.15) is 16.8 Å². The highest BCUT2D eigenvalue weighted by Gasteiger charge is 2.31. The Morgan fingerprint density at radius 3 is 2.83 bits per heavy atom. The molecule has 1 aromatic heterocycles. The average Bonchev–Trinajstić information content (AvgIpc) is 2.69. The maximum Gasteiger partial charge on any atom is 0.135 e. The van der Waals surface area contributed by atoms with Gasteiger partial charge < -0.3 is 10.0 Å². The van der Waals surface area contributed by atoms with E-state index in [1.165, 1.54) is 0 Å². The van der Waals surface area contributed by atoms with Crippen molar-refractivity contribution in [2.45, 2.75) is 39.2 Å². The standard InChI is InChI=1S/C13H20ClN3O/c1-8(2)13-15-11(14)6-12(16-13)17-5-4-9(3)10(17)7-18/h6,8-10,18H,4-5,7H2,1-3H3. The largest absolute Gasteiger partial charge is 0.394 e. The van der Waals surface area contributed by atoms with E-state index in [1.54, 1.807) is 6.07 Å². The van der Waals surface area contributed by atoms with Gasteiger partial charge in [0.2, 0.25) is 0 Å². The molecule has 100 valence electrons. The van der Waals surface area contributed by atoms with Crippen molar-refractivity contribution in [2.75, 3.05) is 18.1 Å². The summed E-state index contributed by atoms with van der Waals surface area (Å²) in [7, 11) is 0. The molecule has 2 rings (SSSR count). The zero-order chi connectivity index (χ0) is 13.3. The molecular formula is C13H20ClN3O. The molecule has 0 amide bonds. The maximum atomic E-state index is 9.50. The predicted molar refractivity (Wildman–Crippen MR) is 73.1 cm³/mol. The number of aliphatic hydroxyl groups is 1. The van der Waals surface area contributed by atoms with Gasteiger partial charge in [0.15, 0.2) is 0 Å². The van der Waals surface area contributed by atoms with Crippen LogP contribution in [0.15, 0.2) is 6.07 Å².